The van der Waals surface area contributed by atoms with Crippen molar-refractivity contribution in [1.29, 1.82) is 0 Å². The van der Waals surface area contributed by atoms with Gasteiger partial charge in [0.25, 0.3) is 0 Å². The van der Waals surface area contributed by atoms with Crippen LogP contribution in [0.3, 0.4) is 0 Å². The minimum Gasteiger partial charge on any atom is -0.308 e. The Kier molecular flexibility index (Phi) is 3.15. The Labute approximate surface area is 166 Å². The van der Waals surface area contributed by atoms with E-state index in [0.717, 1.165) is 10.9 Å². The Bertz CT molecular complexity index is 1350. The van der Waals surface area contributed by atoms with Gasteiger partial charge >= 0.3 is 0 Å². The lowest BCUT2D eigenvalue weighted by Crippen LogP contribution is -1.94. The van der Waals surface area contributed by atoms with Gasteiger partial charge in [-0.25, -0.2) is 0 Å². The maximum atomic E-state index is 3.81. The minimum absolute atomic E-state index is 1.02. The van der Waals surface area contributed by atoms with Gasteiger partial charge in [0.15, 0.2) is 0 Å². The van der Waals surface area contributed by atoms with E-state index in [-0.39, 0.29) is 0 Å². The summed E-state index contributed by atoms with van der Waals surface area (Å²) in [5.74, 6) is 0. The zero-order valence-corrected chi connectivity index (χ0v) is 16.2. The lowest BCUT2D eigenvalue weighted by molar-refractivity contribution is 1.17. The summed E-state index contributed by atoms with van der Waals surface area (Å²) in [6.07, 6.45) is 1.02. The predicted molar refractivity (Wildman–Crippen MR) is 117 cm³/mol. The summed E-state index contributed by atoms with van der Waals surface area (Å²) >= 11 is 3.81. The van der Waals surface area contributed by atoms with Gasteiger partial charge in [-0.3, -0.25) is 0 Å². The first kappa shape index (κ1) is 15.2. The Morgan fingerprint density at radius 2 is 1.52 bits per heavy atom. The van der Waals surface area contributed by atoms with E-state index in [4.69, 9.17) is 0 Å². The monoisotopic (exact) mass is 409 g/mol. The third kappa shape index (κ3) is 2.05. The van der Waals surface area contributed by atoms with E-state index in [1.54, 1.807) is 0 Å². The van der Waals surface area contributed by atoms with Crippen LogP contribution in [0.5, 0.6) is 0 Å². The van der Waals surface area contributed by atoms with Gasteiger partial charge in [0.2, 0.25) is 0 Å². The molecular formula is C25H16BrN. The number of nitrogens with zero attached hydrogens (tertiary/aromatic N) is 1. The standard InChI is InChI=1S/C25H16BrN/c26-21-12-6-11-20-24-22(27(25(20)21)18-8-2-1-3-9-18)14-13-17-15-16-7-4-5-10-19(16)23(17)24/h1-14H,15H2. The molecule has 0 unspecified atom stereocenters. The van der Waals surface area contributed by atoms with Crippen LogP contribution in [0.15, 0.2) is 89.4 Å². The van der Waals surface area contributed by atoms with Crippen LogP contribution in [0.1, 0.15) is 11.1 Å². The summed E-state index contributed by atoms with van der Waals surface area (Å²) in [7, 11) is 0. The normalized spacial score (nSPS) is 12.5. The molecule has 5 aromatic rings. The van der Waals surface area contributed by atoms with Gasteiger partial charge in [-0.1, -0.05) is 60.7 Å². The van der Waals surface area contributed by atoms with Gasteiger partial charge in [0.1, 0.15) is 0 Å². The van der Waals surface area contributed by atoms with Crippen molar-refractivity contribution in [2.75, 3.05) is 0 Å². The van der Waals surface area contributed by atoms with E-state index < -0.39 is 0 Å². The highest BCUT2D eigenvalue weighted by atomic mass is 79.9. The first-order valence-corrected chi connectivity index (χ1v) is 10.0. The number of fused-ring (bicyclic) bond motifs is 7. The third-order valence-electron chi connectivity index (χ3n) is 5.67. The number of halogens is 1. The molecule has 0 atom stereocenters. The van der Waals surface area contributed by atoms with E-state index in [0.29, 0.717) is 0 Å². The average molecular weight is 410 g/mol. The lowest BCUT2D eigenvalue weighted by atomic mass is 9.99. The Hall–Kier alpha value is -2.84. The van der Waals surface area contributed by atoms with Gasteiger partial charge < -0.3 is 4.57 Å². The predicted octanol–water partition coefficient (Wildman–Crippen LogP) is 7.12. The molecule has 1 aliphatic carbocycles. The van der Waals surface area contributed by atoms with Crippen LogP contribution in [0.4, 0.5) is 0 Å². The number of rotatable bonds is 1. The fourth-order valence-electron chi connectivity index (χ4n) is 4.58. The molecular weight excluding hydrogens is 394 g/mol. The first-order chi connectivity index (χ1) is 13.3. The molecule has 27 heavy (non-hydrogen) atoms. The van der Waals surface area contributed by atoms with Crippen molar-refractivity contribution in [2.45, 2.75) is 6.42 Å². The summed E-state index contributed by atoms with van der Waals surface area (Å²) in [6.45, 7) is 0. The van der Waals surface area contributed by atoms with Crippen molar-refractivity contribution in [3.63, 3.8) is 0 Å². The molecule has 1 nitrogen and oxygen atoms in total. The first-order valence-electron chi connectivity index (χ1n) is 9.21. The number of hydrogen-bond donors (Lipinski definition) is 0. The molecule has 1 aromatic heterocycles. The molecule has 1 aliphatic rings. The Balaban J connectivity index is 1.86. The van der Waals surface area contributed by atoms with Gasteiger partial charge in [0.05, 0.1) is 11.0 Å². The second-order valence-electron chi connectivity index (χ2n) is 7.13. The van der Waals surface area contributed by atoms with Crippen molar-refractivity contribution < 1.29 is 0 Å². The molecule has 0 spiro atoms. The maximum Gasteiger partial charge on any atom is 0.0683 e. The molecule has 0 bridgehead atoms. The second kappa shape index (κ2) is 5.58. The van der Waals surface area contributed by atoms with E-state index >= 15 is 0 Å². The van der Waals surface area contributed by atoms with Crippen LogP contribution >= 0.6 is 15.9 Å². The zero-order chi connectivity index (χ0) is 18.0. The zero-order valence-electron chi connectivity index (χ0n) is 14.6. The lowest BCUT2D eigenvalue weighted by Gasteiger charge is -2.09. The summed E-state index contributed by atoms with van der Waals surface area (Å²) in [4.78, 5) is 0. The van der Waals surface area contributed by atoms with Crippen LogP contribution in [-0.2, 0) is 6.42 Å². The largest absolute Gasteiger partial charge is 0.308 e. The highest BCUT2D eigenvalue weighted by Crippen LogP contribution is 2.46. The molecule has 6 rings (SSSR count). The van der Waals surface area contributed by atoms with Crippen molar-refractivity contribution in [3.05, 3.63) is 101 Å². The molecule has 0 saturated carbocycles. The van der Waals surface area contributed by atoms with Crippen molar-refractivity contribution in [3.8, 4) is 16.8 Å². The molecule has 0 fully saturated rings. The van der Waals surface area contributed by atoms with E-state index in [1.165, 1.54) is 49.7 Å². The smallest absolute Gasteiger partial charge is 0.0683 e. The number of benzene rings is 4. The number of hydrogen-bond acceptors (Lipinski definition) is 0. The van der Waals surface area contributed by atoms with Gasteiger partial charge in [-0.05, 0) is 68.9 Å². The van der Waals surface area contributed by atoms with Gasteiger partial charge in [-0.15, -0.1) is 0 Å². The van der Waals surface area contributed by atoms with E-state index in [2.05, 4.69) is 105 Å². The second-order valence-corrected chi connectivity index (χ2v) is 7.99. The molecule has 0 aliphatic heterocycles. The fourth-order valence-corrected chi connectivity index (χ4v) is 5.13. The summed E-state index contributed by atoms with van der Waals surface area (Å²) in [5.41, 5.74) is 9.32. The molecule has 1 heterocycles. The van der Waals surface area contributed by atoms with Crippen LogP contribution in [0.2, 0.25) is 0 Å². The van der Waals surface area contributed by atoms with Crippen LogP contribution in [0, 0.1) is 0 Å². The highest BCUT2D eigenvalue weighted by Gasteiger charge is 2.24. The van der Waals surface area contributed by atoms with Gasteiger partial charge in [-0.2, -0.15) is 0 Å². The Morgan fingerprint density at radius 3 is 2.41 bits per heavy atom. The van der Waals surface area contributed by atoms with Crippen molar-refractivity contribution >= 4 is 37.7 Å². The summed E-state index contributed by atoms with van der Waals surface area (Å²) < 4.78 is 3.51. The molecule has 0 N–H and O–H groups in total. The fraction of sp³-hybridized carbons (Fsp3) is 0.0400. The quantitative estimate of drug-likeness (QED) is 0.272. The van der Waals surface area contributed by atoms with Crippen molar-refractivity contribution in [1.82, 2.24) is 4.57 Å². The number of para-hydroxylation sites is 2. The topological polar surface area (TPSA) is 4.93 Å². The SMILES string of the molecule is Brc1cccc2c3c4c(ccc3n(-c3ccccc3)c12)Cc1ccccc1-4. The van der Waals surface area contributed by atoms with Crippen LogP contribution in [-0.4, -0.2) is 4.57 Å². The molecule has 0 radical (unpaired) electrons. The third-order valence-corrected chi connectivity index (χ3v) is 6.31. The molecule has 4 aromatic carbocycles. The average Bonchev–Trinajstić information content (AvgIpc) is 3.25. The number of aromatic nitrogens is 1. The van der Waals surface area contributed by atoms with Crippen LogP contribution < -0.4 is 0 Å². The van der Waals surface area contributed by atoms with Gasteiger partial charge in [0, 0.05) is 20.9 Å². The highest BCUT2D eigenvalue weighted by molar-refractivity contribution is 9.10. The Morgan fingerprint density at radius 1 is 0.704 bits per heavy atom. The molecule has 128 valence electrons. The van der Waals surface area contributed by atoms with E-state index in [1.807, 2.05) is 0 Å². The summed E-state index contributed by atoms with van der Waals surface area (Å²) in [6, 6.07) is 30.6. The maximum absolute atomic E-state index is 3.81. The molecule has 0 amide bonds. The van der Waals surface area contributed by atoms with Crippen molar-refractivity contribution in [2.24, 2.45) is 0 Å². The minimum atomic E-state index is 1.02. The summed E-state index contributed by atoms with van der Waals surface area (Å²) in [5, 5.41) is 2.66. The molecule has 0 saturated heterocycles. The van der Waals surface area contributed by atoms with E-state index in [9.17, 15) is 0 Å². The molecule has 2 heteroatoms. The van der Waals surface area contributed by atoms with Crippen LogP contribution in [0.25, 0.3) is 38.6 Å².